The van der Waals surface area contributed by atoms with Gasteiger partial charge in [-0.25, -0.2) is 0 Å². The summed E-state index contributed by atoms with van der Waals surface area (Å²) >= 11 is 0. The van der Waals surface area contributed by atoms with Crippen LogP contribution in [0.2, 0.25) is 0 Å². The molecule has 4 nitrogen and oxygen atoms in total. The molecular formula is C11H19NO3. The van der Waals surface area contributed by atoms with Crippen LogP contribution in [0.5, 0.6) is 0 Å². The highest BCUT2D eigenvalue weighted by Crippen LogP contribution is 2.25. The predicted octanol–water partition coefficient (Wildman–Crippen LogP) is 1.10. The van der Waals surface area contributed by atoms with Crippen molar-refractivity contribution in [2.75, 3.05) is 19.8 Å². The van der Waals surface area contributed by atoms with Gasteiger partial charge in [0.05, 0.1) is 13.2 Å². The van der Waals surface area contributed by atoms with Crippen LogP contribution in [0, 0.1) is 0 Å². The van der Waals surface area contributed by atoms with Gasteiger partial charge in [-0.15, -0.1) is 0 Å². The number of carboxylic acids is 1. The molecule has 2 rings (SSSR count). The maximum absolute atomic E-state index is 11.1. The summed E-state index contributed by atoms with van der Waals surface area (Å²) in [6.45, 7) is 1.81. The zero-order valence-electron chi connectivity index (χ0n) is 9.02. The SMILES string of the molecule is O=C(O)C1COCCN1C1CCCCC1. The van der Waals surface area contributed by atoms with Gasteiger partial charge in [0, 0.05) is 12.6 Å². The average Bonchev–Trinajstić information content (AvgIpc) is 2.30. The molecule has 2 fully saturated rings. The minimum absolute atomic E-state index is 0.353. The summed E-state index contributed by atoms with van der Waals surface area (Å²) in [6.07, 6.45) is 6.11. The maximum atomic E-state index is 11.1. The third kappa shape index (κ3) is 2.49. The van der Waals surface area contributed by atoms with Crippen LogP contribution in [0.3, 0.4) is 0 Å². The van der Waals surface area contributed by atoms with Gasteiger partial charge in [-0.05, 0) is 12.8 Å². The Morgan fingerprint density at radius 2 is 2.00 bits per heavy atom. The quantitative estimate of drug-likeness (QED) is 0.746. The number of hydrogen-bond donors (Lipinski definition) is 1. The minimum atomic E-state index is -0.736. The van der Waals surface area contributed by atoms with Crippen LogP contribution < -0.4 is 0 Å². The van der Waals surface area contributed by atoms with Crippen molar-refractivity contribution in [3.05, 3.63) is 0 Å². The third-order valence-corrected chi connectivity index (χ3v) is 3.50. The summed E-state index contributed by atoms with van der Waals surface area (Å²) in [7, 11) is 0. The third-order valence-electron chi connectivity index (χ3n) is 3.50. The van der Waals surface area contributed by atoms with E-state index < -0.39 is 12.0 Å². The van der Waals surface area contributed by atoms with E-state index in [9.17, 15) is 4.79 Å². The molecule has 1 unspecified atom stereocenters. The van der Waals surface area contributed by atoms with E-state index in [0.717, 1.165) is 19.4 Å². The van der Waals surface area contributed by atoms with E-state index in [1.165, 1.54) is 19.3 Å². The van der Waals surface area contributed by atoms with Crippen LogP contribution in [0.4, 0.5) is 0 Å². The van der Waals surface area contributed by atoms with Gasteiger partial charge in [0.1, 0.15) is 6.04 Å². The lowest BCUT2D eigenvalue weighted by atomic mass is 9.93. The Balaban J connectivity index is 1.99. The van der Waals surface area contributed by atoms with E-state index in [1.54, 1.807) is 0 Å². The summed E-state index contributed by atoms with van der Waals surface area (Å²) in [5, 5.41) is 9.12. The monoisotopic (exact) mass is 213 g/mol. The van der Waals surface area contributed by atoms with Crippen molar-refractivity contribution in [1.82, 2.24) is 4.90 Å². The highest BCUT2D eigenvalue weighted by Gasteiger charge is 2.34. The van der Waals surface area contributed by atoms with Crippen LogP contribution in [-0.2, 0) is 9.53 Å². The molecule has 0 aromatic carbocycles. The Bertz CT molecular complexity index is 226. The number of morpholine rings is 1. The van der Waals surface area contributed by atoms with E-state index in [1.807, 2.05) is 0 Å². The molecule has 1 N–H and O–H groups in total. The smallest absolute Gasteiger partial charge is 0.323 e. The van der Waals surface area contributed by atoms with Gasteiger partial charge in [0.2, 0.25) is 0 Å². The molecule has 4 heteroatoms. The fraction of sp³-hybridized carbons (Fsp3) is 0.909. The number of carbonyl (C=O) groups is 1. The first kappa shape index (κ1) is 10.9. The summed E-state index contributed by atoms with van der Waals surface area (Å²) in [4.78, 5) is 13.2. The van der Waals surface area contributed by atoms with Crippen LogP contribution in [0.1, 0.15) is 32.1 Å². The molecule has 2 aliphatic rings. The molecule has 0 aromatic rings. The van der Waals surface area contributed by atoms with Crippen molar-refractivity contribution in [3.63, 3.8) is 0 Å². The maximum Gasteiger partial charge on any atom is 0.323 e. The van der Waals surface area contributed by atoms with Crippen molar-refractivity contribution in [2.45, 2.75) is 44.2 Å². The lowest BCUT2D eigenvalue weighted by Crippen LogP contribution is -2.54. The molecular weight excluding hydrogens is 194 g/mol. The molecule has 1 aliphatic heterocycles. The fourth-order valence-corrected chi connectivity index (χ4v) is 2.68. The lowest BCUT2D eigenvalue weighted by molar-refractivity contribution is -0.152. The van der Waals surface area contributed by atoms with Crippen LogP contribution in [0.25, 0.3) is 0 Å². The van der Waals surface area contributed by atoms with Crippen molar-refractivity contribution < 1.29 is 14.6 Å². The Labute approximate surface area is 90.2 Å². The van der Waals surface area contributed by atoms with Crippen molar-refractivity contribution in [2.24, 2.45) is 0 Å². The Morgan fingerprint density at radius 1 is 1.27 bits per heavy atom. The van der Waals surface area contributed by atoms with E-state index in [2.05, 4.69) is 4.90 Å². The second kappa shape index (κ2) is 4.94. The first-order valence-corrected chi connectivity index (χ1v) is 5.85. The van der Waals surface area contributed by atoms with Gasteiger partial charge in [-0.3, -0.25) is 9.69 Å². The summed E-state index contributed by atoms with van der Waals surface area (Å²) in [6, 6.07) is 0.0607. The summed E-state index contributed by atoms with van der Waals surface area (Å²) < 4.78 is 5.24. The summed E-state index contributed by atoms with van der Waals surface area (Å²) in [5.41, 5.74) is 0. The van der Waals surface area contributed by atoms with E-state index in [-0.39, 0.29) is 0 Å². The molecule has 1 atom stereocenters. The summed E-state index contributed by atoms with van der Waals surface area (Å²) in [5.74, 6) is -0.736. The highest BCUT2D eigenvalue weighted by atomic mass is 16.5. The van der Waals surface area contributed by atoms with Crippen molar-refractivity contribution in [3.8, 4) is 0 Å². The first-order chi connectivity index (χ1) is 7.29. The molecule has 1 heterocycles. The van der Waals surface area contributed by atoms with E-state index in [0.29, 0.717) is 19.3 Å². The second-order valence-corrected chi connectivity index (χ2v) is 4.46. The normalized spacial score (nSPS) is 30.3. The Kier molecular flexibility index (Phi) is 3.59. The van der Waals surface area contributed by atoms with Gasteiger partial charge in [-0.2, -0.15) is 0 Å². The van der Waals surface area contributed by atoms with E-state index >= 15 is 0 Å². The molecule has 1 saturated carbocycles. The molecule has 0 amide bonds. The van der Waals surface area contributed by atoms with Gasteiger partial charge in [-0.1, -0.05) is 19.3 Å². The largest absolute Gasteiger partial charge is 0.480 e. The van der Waals surface area contributed by atoms with Crippen molar-refractivity contribution in [1.29, 1.82) is 0 Å². The van der Waals surface area contributed by atoms with Gasteiger partial charge in [0.25, 0.3) is 0 Å². The molecule has 86 valence electrons. The molecule has 1 aliphatic carbocycles. The van der Waals surface area contributed by atoms with E-state index in [4.69, 9.17) is 9.84 Å². The number of carboxylic acid groups (broad SMARTS) is 1. The fourth-order valence-electron chi connectivity index (χ4n) is 2.68. The molecule has 0 spiro atoms. The van der Waals surface area contributed by atoms with Gasteiger partial charge in [0.15, 0.2) is 0 Å². The first-order valence-electron chi connectivity index (χ1n) is 5.85. The standard InChI is InChI=1S/C11H19NO3/c13-11(14)10-8-15-7-6-12(10)9-4-2-1-3-5-9/h9-10H,1-8H2,(H,13,14). The number of rotatable bonds is 2. The Morgan fingerprint density at radius 3 is 2.67 bits per heavy atom. The van der Waals surface area contributed by atoms with Gasteiger partial charge < -0.3 is 9.84 Å². The molecule has 0 aromatic heterocycles. The number of aliphatic carboxylic acids is 1. The average molecular weight is 213 g/mol. The predicted molar refractivity (Wildman–Crippen MR) is 55.8 cm³/mol. The van der Waals surface area contributed by atoms with Crippen molar-refractivity contribution >= 4 is 5.97 Å². The van der Waals surface area contributed by atoms with Crippen LogP contribution in [0.15, 0.2) is 0 Å². The van der Waals surface area contributed by atoms with Gasteiger partial charge >= 0.3 is 5.97 Å². The zero-order chi connectivity index (χ0) is 10.7. The number of ether oxygens (including phenoxy) is 1. The topological polar surface area (TPSA) is 49.8 Å². The zero-order valence-corrected chi connectivity index (χ0v) is 9.02. The minimum Gasteiger partial charge on any atom is -0.480 e. The number of hydrogen-bond acceptors (Lipinski definition) is 3. The molecule has 15 heavy (non-hydrogen) atoms. The second-order valence-electron chi connectivity index (χ2n) is 4.46. The number of nitrogens with zero attached hydrogens (tertiary/aromatic N) is 1. The Hall–Kier alpha value is -0.610. The van der Waals surface area contributed by atoms with Crippen LogP contribution in [-0.4, -0.2) is 47.8 Å². The molecule has 1 saturated heterocycles. The molecule has 0 radical (unpaired) electrons. The lowest BCUT2D eigenvalue weighted by Gasteiger charge is -2.40. The highest BCUT2D eigenvalue weighted by molar-refractivity contribution is 5.73. The molecule has 0 bridgehead atoms. The van der Waals surface area contributed by atoms with Crippen LogP contribution >= 0.6 is 0 Å².